The monoisotopic (exact) mass is 998 g/mol. The van der Waals surface area contributed by atoms with Crippen LogP contribution in [0.2, 0.25) is 0 Å². The zero-order chi connectivity index (χ0) is 51.8. The highest BCUT2D eigenvalue weighted by Gasteiger charge is 2.34. The summed E-state index contributed by atoms with van der Waals surface area (Å²) in [5.74, 6) is 3.54. The van der Waals surface area contributed by atoms with Gasteiger partial charge < -0.3 is 19.1 Å². The van der Waals surface area contributed by atoms with Crippen molar-refractivity contribution < 1.29 is 4.74 Å². The first-order chi connectivity index (χ1) is 37.7. The third-order valence-corrected chi connectivity index (χ3v) is 15.9. The predicted molar refractivity (Wildman–Crippen MR) is 319 cm³/mol. The molecule has 2 aliphatic heterocycles. The van der Waals surface area contributed by atoms with Crippen LogP contribution >= 0.6 is 0 Å². The maximum atomic E-state index is 7.00. The lowest BCUT2D eigenvalue weighted by molar-refractivity contribution is 0.483. The second-order valence-electron chi connectivity index (χ2n) is 21.8. The number of imidazole rings is 1. The van der Waals surface area contributed by atoms with Gasteiger partial charge in [0.1, 0.15) is 29.8 Å². The smallest absolute Gasteiger partial charge is 0.137 e. The maximum absolute atomic E-state index is 7.00. The van der Waals surface area contributed by atoms with Crippen LogP contribution in [0.1, 0.15) is 50.6 Å². The van der Waals surface area contributed by atoms with Gasteiger partial charge in [-0.05, 0) is 119 Å². The number of rotatable bonds is 9. The number of hydrogen-bond donors (Lipinski definition) is 0. The minimum absolute atomic E-state index is 0.0221. The van der Waals surface area contributed by atoms with Crippen LogP contribution in [0.15, 0.2) is 219 Å². The highest BCUT2D eigenvalue weighted by Crippen LogP contribution is 2.52. The van der Waals surface area contributed by atoms with E-state index in [0.717, 1.165) is 92.4 Å². The molecular weight excluding hydrogens is 941 g/mol. The first-order valence-electron chi connectivity index (χ1n) is 27.0. The van der Waals surface area contributed by atoms with Gasteiger partial charge in [0.25, 0.3) is 0 Å². The lowest BCUT2D eigenvalue weighted by atomic mass is 9.86. The summed E-state index contributed by atoms with van der Waals surface area (Å²) in [6, 6.07) is 76.5. The van der Waals surface area contributed by atoms with E-state index in [1.807, 2.05) is 6.20 Å². The molecule has 374 valence electrons. The van der Waals surface area contributed by atoms with Crippen LogP contribution in [0.4, 0.5) is 22.7 Å². The number of hydrogen-bond acceptors (Lipinski definition) is 5. The molecule has 5 heterocycles. The second kappa shape index (κ2) is 18.6. The molecule has 14 rings (SSSR count). The molecule has 0 saturated heterocycles. The van der Waals surface area contributed by atoms with Crippen molar-refractivity contribution in [2.24, 2.45) is 0 Å². The molecule has 0 amide bonds. The minimum Gasteiger partial charge on any atom is -0.457 e. The molecular formula is C70H58N6O. The molecule has 0 bridgehead atoms. The Morgan fingerprint density at radius 3 is 1.86 bits per heavy atom. The van der Waals surface area contributed by atoms with Crippen LogP contribution in [0, 0.1) is 6.92 Å². The highest BCUT2D eigenvalue weighted by atomic mass is 16.5. The second-order valence-corrected chi connectivity index (χ2v) is 21.8. The summed E-state index contributed by atoms with van der Waals surface area (Å²) in [4.78, 5) is 15.5. The van der Waals surface area contributed by atoms with Crippen LogP contribution in [-0.2, 0) is 18.4 Å². The number of aryl methyl sites for hydroxylation is 3. The molecule has 0 fully saturated rings. The summed E-state index contributed by atoms with van der Waals surface area (Å²) in [6.07, 6.45) is 5.38. The van der Waals surface area contributed by atoms with Crippen LogP contribution in [0.25, 0.3) is 83.2 Å². The van der Waals surface area contributed by atoms with Gasteiger partial charge in [-0.1, -0.05) is 166 Å². The molecule has 12 aromatic rings. The molecule has 0 spiro atoms. The Bertz CT molecular complexity index is 4170. The van der Waals surface area contributed by atoms with Crippen molar-refractivity contribution in [3.8, 4) is 61.8 Å². The van der Waals surface area contributed by atoms with E-state index in [1.54, 1.807) is 0 Å². The van der Waals surface area contributed by atoms with E-state index in [9.17, 15) is 0 Å². The molecule has 0 atom stereocenters. The largest absolute Gasteiger partial charge is 0.457 e. The summed E-state index contributed by atoms with van der Waals surface area (Å²) in [7, 11) is 0. The van der Waals surface area contributed by atoms with Crippen molar-refractivity contribution in [1.82, 2.24) is 19.1 Å². The Morgan fingerprint density at radius 2 is 1.14 bits per heavy atom. The maximum Gasteiger partial charge on any atom is 0.137 e. The fraction of sp³-hybridized carbons (Fsp3) is 0.143. The van der Waals surface area contributed by atoms with E-state index in [-0.39, 0.29) is 5.41 Å². The minimum atomic E-state index is -0.0221. The summed E-state index contributed by atoms with van der Waals surface area (Å²) in [6.45, 7) is 10.6. The standard InChI is InChI=1S/C70H58N6O/c1-46-38-68(71-44-60(46)57-29-15-14-28-54(57)47-20-8-5-9-21-47)76-62-36-33-50(70(2,3)4)39-59(62)58-35-34-53(41-63(58)76)77-52-27-18-26-51(40-52)74-45-75(66-43-64-61(42-65(66)74)72-67-32-16-17-37-73(64)67)69-55(48-22-10-6-11-23-48)30-19-31-56(69)49-24-12-7-13-25-49/h5-15,18-31,33-36,38-44H,16-17,32,37,45H2,1-4H3. The molecule has 9 aromatic carbocycles. The lowest BCUT2D eigenvalue weighted by Crippen LogP contribution is -2.25. The molecule has 0 N–H and O–H groups in total. The third-order valence-electron chi connectivity index (χ3n) is 15.9. The van der Waals surface area contributed by atoms with Crippen molar-refractivity contribution in [3.63, 3.8) is 0 Å². The van der Waals surface area contributed by atoms with E-state index in [4.69, 9.17) is 14.7 Å². The summed E-state index contributed by atoms with van der Waals surface area (Å²) >= 11 is 0. The number of aromatic nitrogens is 4. The van der Waals surface area contributed by atoms with Crippen LogP contribution < -0.4 is 14.5 Å². The van der Waals surface area contributed by atoms with Crippen molar-refractivity contribution in [1.29, 1.82) is 0 Å². The molecule has 77 heavy (non-hydrogen) atoms. The van der Waals surface area contributed by atoms with E-state index in [0.29, 0.717) is 6.67 Å². The van der Waals surface area contributed by atoms with Gasteiger partial charge in [0.15, 0.2) is 0 Å². The number of pyridine rings is 1. The van der Waals surface area contributed by atoms with E-state index >= 15 is 0 Å². The van der Waals surface area contributed by atoms with Crippen molar-refractivity contribution in [2.75, 3.05) is 16.5 Å². The van der Waals surface area contributed by atoms with Gasteiger partial charge in [-0.2, -0.15) is 0 Å². The van der Waals surface area contributed by atoms with E-state index in [1.165, 1.54) is 67.8 Å². The normalized spacial score (nSPS) is 13.4. The molecule has 0 aliphatic carbocycles. The Hall–Kier alpha value is -9.20. The molecule has 0 saturated carbocycles. The SMILES string of the molecule is Cc1cc(-n2c3ccc(C(C)(C)C)cc3c3ccc(Oc4cccc(N5CN(c6c(-c7ccccc7)cccc6-c6ccccc6)c6cc7c(cc65)nc5n7CCCC5)c4)cc32)ncc1-c1ccccc1-c1ccccc1. The van der Waals surface area contributed by atoms with Gasteiger partial charge in [-0.3, -0.25) is 4.57 Å². The fourth-order valence-corrected chi connectivity index (χ4v) is 12.0. The van der Waals surface area contributed by atoms with Crippen LogP contribution in [0.3, 0.4) is 0 Å². The van der Waals surface area contributed by atoms with E-state index in [2.05, 4.69) is 259 Å². The molecule has 0 unspecified atom stereocenters. The van der Waals surface area contributed by atoms with Crippen molar-refractivity contribution >= 4 is 55.6 Å². The molecule has 3 aromatic heterocycles. The van der Waals surface area contributed by atoms with Crippen LogP contribution in [0.5, 0.6) is 11.5 Å². The predicted octanol–water partition coefficient (Wildman–Crippen LogP) is 18.2. The van der Waals surface area contributed by atoms with Gasteiger partial charge in [0.2, 0.25) is 0 Å². The quantitative estimate of drug-likeness (QED) is 0.144. The van der Waals surface area contributed by atoms with Gasteiger partial charge in [0, 0.05) is 64.4 Å². The topological polar surface area (TPSA) is 51.4 Å². The van der Waals surface area contributed by atoms with E-state index < -0.39 is 0 Å². The third kappa shape index (κ3) is 8.13. The number of nitrogens with zero attached hydrogens (tertiary/aromatic N) is 6. The average Bonchev–Trinajstić information content (AvgIpc) is 4.32. The zero-order valence-electron chi connectivity index (χ0n) is 43.9. The van der Waals surface area contributed by atoms with Gasteiger partial charge >= 0.3 is 0 Å². The number of anilines is 4. The number of para-hydroxylation sites is 1. The molecule has 7 nitrogen and oxygen atoms in total. The lowest BCUT2D eigenvalue weighted by Gasteiger charge is -2.27. The number of fused-ring (bicyclic) bond motifs is 7. The van der Waals surface area contributed by atoms with Crippen molar-refractivity contribution in [3.05, 3.63) is 235 Å². The molecule has 7 heteroatoms. The zero-order valence-corrected chi connectivity index (χ0v) is 43.9. The first-order valence-corrected chi connectivity index (χ1v) is 27.0. The number of benzene rings is 9. The van der Waals surface area contributed by atoms with Gasteiger partial charge in [0.05, 0.1) is 39.1 Å². The Morgan fingerprint density at radius 1 is 0.494 bits per heavy atom. The Kier molecular flexibility index (Phi) is 11.2. The number of ether oxygens (including phenoxy) is 1. The summed E-state index contributed by atoms with van der Waals surface area (Å²) in [5, 5.41) is 2.34. The van der Waals surface area contributed by atoms with Crippen LogP contribution in [-0.4, -0.2) is 25.8 Å². The molecule has 0 radical (unpaired) electrons. The summed E-state index contributed by atoms with van der Waals surface area (Å²) in [5.41, 5.74) is 20.6. The fourth-order valence-electron chi connectivity index (χ4n) is 12.0. The van der Waals surface area contributed by atoms with Crippen molar-refractivity contribution in [2.45, 2.75) is 58.9 Å². The Balaban J connectivity index is 0.872. The average molecular weight is 999 g/mol. The first kappa shape index (κ1) is 46.3. The Labute approximate surface area is 449 Å². The van der Waals surface area contributed by atoms with Gasteiger partial charge in [-0.25, -0.2) is 9.97 Å². The summed E-state index contributed by atoms with van der Waals surface area (Å²) < 4.78 is 11.8. The van der Waals surface area contributed by atoms with Gasteiger partial charge in [-0.15, -0.1) is 0 Å². The molecule has 2 aliphatic rings. The highest BCUT2D eigenvalue weighted by molar-refractivity contribution is 6.10.